The van der Waals surface area contributed by atoms with Crippen LogP contribution in [0.2, 0.25) is 0 Å². The van der Waals surface area contributed by atoms with Crippen LogP contribution in [-0.4, -0.2) is 48.6 Å². The van der Waals surface area contributed by atoms with Crippen molar-refractivity contribution in [2.75, 3.05) is 13.2 Å². The molecule has 3 atom stereocenters. The predicted octanol–water partition coefficient (Wildman–Crippen LogP) is 12.1. The van der Waals surface area contributed by atoms with E-state index in [0.29, 0.717) is 13.2 Å². The zero-order chi connectivity index (χ0) is 37.1. The molecule has 2 aliphatic heterocycles. The monoisotopic (exact) mass is 697 g/mol. The summed E-state index contributed by atoms with van der Waals surface area (Å²) in [5, 5.41) is 7.42. The van der Waals surface area contributed by atoms with Gasteiger partial charge in [0.15, 0.2) is 6.10 Å². The maximum Gasteiger partial charge on any atom is 0.303 e. The molecule has 0 aromatic heterocycles. The van der Waals surface area contributed by atoms with Crippen molar-refractivity contribution in [3.63, 3.8) is 0 Å². The maximum atomic E-state index is 10.7. The minimum atomic E-state index is -0.833. The summed E-state index contributed by atoms with van der Waals surface area (Å²) < 4.78 is 15.8. The quantitative estimate of drug-likeness (QED) is 0.152. The van der Waals surface area contributed by atoms with Gasteiger partial charge in [0, 0.05) is 20.5 Å². The third-order valence-electron chi connectivity index (χ3n) is 9.11. The molecule has 6 nitrogen and oxygen atoms in total. The molecule has 0 aromatic carbocycles. The predicted molar refractivity (Wildman–Crippen MR) is 209 cm³/mol. The van der Waals surface area contributed by atoms with Gasteiger partial charge in [0.25, 0.3) is 5.97 Å². The summed E-state index contributed by atoms with van der Waals surface area (Å²) in [6.07, 6.45) is 36.2. The van der Waals surface area contributed by atoms with Crippen LogP contribution in [0, 0.1) is 0 Å². The molecule has 2 heterocycles. The number of ether oxygens (including phenoxy) is 3. The minimum absolute atomic E-state index is 0.0195. The number of carboxylic acid groups (broad SMARTS) is 1. The van der Waals surface area contributed by atoms with Crippen LogP contribution >= 0.6 is 0 Å². The molecule has 0 aromatic rings. The second-order valence-electron chi connectivity index (χ2n) is 14.7. The van der Waals surface area contributed by atoms with Crippen LogP contribution in [0.5, 0.6) is 0 Å². The first-order chi connectivity index (χ1) is 23.9. The lowest BCUT2D eigenvalue weighted by Crippen LogP contribution is -2.31. The Kier molecular flexibility index (Phi) is 25.3. The number of hydrogen-bond donors (Lipinski definition) is 1. The first-order valence-corrected chi connectivity index (χ1v) is 19.4. The van der Waals surface area contributed by atoms with Gasteiger partial charge in [-0.25, -0.2) is 0 Å². The lowest BCUT2D eigenvalue weighted by atomic mass is 9.95. The lowest BCUT2D eigenvalue weighted by Gasteiger charge is -2.14. The molecule has 2 fully saturated rings. The van der Waals surface area contributed by atoms with Gasteiger partial charge in [-0.1, -0.05) is 69.9 Å². The lowest BCUT2D eigenvalue weighted by molar-refractivity contribution is -0.150. The van der Waals surface area contributed by atoms with Gasteiger partial charge in [0.2, 0.25) is 0 Å². The number of esters is 1. The standard InChI is InChI=1S/2C17H28.C8H12O4.C2H4O2/c2*1-15(2)9-7-10-16(3)11-8-14-17-12-5-4-6-13-17;1-5(9)12-7-4-11-6-2-3-10-8(6)7;1-2(3)4/h2*9,11-12H,4-8,10,13-14H2,1-3H3;6-8H,2-4H2,1H3;1H3,(H,3,4)/b2*16-11+;;/t;;6-,7?,8+;/m..1./s1. The first kappa shape index (κ1) is 45.3. The first-order valence-electron chi connectivity index (χ1n) is 19.4. The van der Waals surface area contributed by atoms with Crippen LogP contribution in [0.3, 0.4) is 0 Å². The molecule has 0 saturated carbocycles. The highest BCUT2D eigenvalue weighted by atomic mass is 16.6. The van der Waals surface area contributed by atoms with Crippen molar-refractivity contribution in [3.8, 4) is 0 Å². The van der Waals surface area contributed by atoms with Gasteiger partial charge >= 0.3 is 5.97 Å². The van der Waals surface area contributed by atoms with Gasteiger partial charge in [-0.2, -0.15) is 0 Å². The largest absolute Gasteiger partial charge is 0.481 e. The second kappa shape index (κ2) is 28.0. The van der Waals surface area contributed by atoms with E-state index in [0.717, 1.165) is 13.3 Å². The Morgan fingerprint density at radius 1 is 0.720 bits per heavy atom. The fraction of sp³-hybridized carbons (Fsp3) is 0.682. The van der Waals surface area contributed by atoms with Gasteiger partial charge in [-0.15, -0.1) is 0 Å². The van der Waals surface area contributed by atoms with E-state index in [2.05, 4.69) is 78.0 Å². The number of fused-ring (bicyclic) bond motifs is 1. The normalized spacial score (nSPS) is 21.3. The Bertz CT molecular complexity index is 1090. The van der Waals surface area contributed by atoms with E-state index in [9.17, 15) is 4.79 Å². The molecule has 6 heteroatoms. The highest BCUT2D eigenvalue weighted by molar-refractivity contribution is 5.66. The molecule has 0 spiro atoms. The van der Waals surface area contributed by atoms with E-state index in [4.69, 9.17) is 24.1 Å². The van der Waals surface area contributed by atoms with E-state index in [1.807, 2.05) is 0 Å². The van der Waals surface area contributed by atoms with Crippen molar-refractivity contribution in [1.29, 1.82) is 0 Å². The number of hydrogen-bond acceptors (Lipinski definition) is 5. The van der Waals surface area contributed by atoms with Gasteiger partial charge in [0.05, 0.1) is 12.7 Å². The average Bonchev–Trinajstić information content (AvgIpc) is 3.67. The smallest absolute Gasteiger partial charge is 0.303 e. The Hall–Kier alpha value is -2.70. The van der Waals surface area contributed by atoms with Crippen LogP contribution in [0.4, 0.5) is 0 Å². The maximum absolute atomic E-state index is 10.7. The summed E-state index contributed by atoms with van der Waals surface area (Å²) in [5.41, 5.74) is 9.38. The summed E-state index contributed by atoms with van der Waals surface area (Å²) >= 11 is 0. The SMILES string of the molecule is CC(=O)O.CC(=O)OC1CO[C@@H]2CCO[C@H]12.CC(C)=CCC/C(C)=C/CCC1=CCCCC1.CC(C)=CCC/C(C)=C/CCC1=CCCCC1. The Labute approximate surface area is 306 Å². The van der Waals surface area contributed by atoms with E-state index < -0.39 is 5.97 Å². The fourth-order valence-electron chi connectivity index (χ4n) is 6.40. The third kappa shape index (κ3) is 24.4. The molecule has 1 unspecified atom stereocenters. The van der Waals surface area contributed by atoms with Crippen molar-refractivity contribution >= 4 is 11.9 Å². The summed E-state index contributed by atoms with van der Waals surface area (Å²) in [4.78, 5) is 19.7. The van der Waals surface area contributed by atoms with Crippen molar-refractivity contribution < 1.29 is 28.9 Å². The molecule has 0 bridgehead atoms. The van der Waals surface area contributed by atoms with Crippen LogP contribution < -0.4 is 0 Å². The van der Waals surface area contributed by atoms with Crippen molar-refractivity contribution in [2.24, 2.45) is 0 Å². The van der Waals surface area contributed by atoms with Crippen LogP contribution in [0.1, 0.15) is 165 Å². The Morgan fingerprint density at radius 2 is 1.20 bits per heavy atom. The molecule has 284 valence electrons. The minimum Gasteiger partial charge on any atom is -0.481 e. The third-order valence-corrected chi connectivity index (χ3v) is 9.11. The molecule has 4 rings (SSSR count). The highest BCUT2D eigenvalue weighted by Crippen LogP contribution is 2.28. The summed E-state index contributed by atoms with van der Waals surface area (Å²) in [6, 6.07) is 0. The number of carbonyl (C=O) groups excluding carboxylic acids is 1. The van der Waals surface area contributed by atoms with Crippen LogP contribution in [-0.2, 0) is 23.8 Å². The van der Waals surface area contributed by atoms with Gasteiger partial charge in [0.1, 0.15) is 6.10 Å². The van der Waals surface area contributed by atoms with Crippen molar-refractivity contribution in [2.45, 2.75) is 183 Å². The highest BCUT2D eigenvalue weighted by Gasteiger charge is 2.43. The molecular weight excluding hydrogens is 624 g/mol. The zero-order valence-electron chi connectivity index (χ0n) is 33.1. The van der Waals surface area contributed by atoms with Crippen LogP contribution in [0.15, 0.2) is 69.9 Å². The fourth-order valence-corrected chi connectivity index (χ4v) is 6.40. The average molecular weight is 697 g/mol. The van der Waals surface area contributed by atoms with E-state index in [1.54, 1.807) is 22.3 Å². The summed E-state index contributed by atoms with van der Waals surface area (Å²) in [5.74, 6) is -1.10. The summed E-state index contributed by atoms with van der Waals surface area (Å²) in [7, 11) is 0. The van der Waals surface area contributed by atoms with Crippen LogP contribution in [0.25, 0.3) is 0 Å². The Balaban J connectivity index is 0.000000359. The molecular formula is C44H72O6. The molecule has 2 aliphatic carbocycles. The second-order valence-corrected chi connectivity index (χ2v) is 14.7. The summed E-state index contributed by atoms with van der Waals surface area (Å²) in [6.45, 7) is 16.9. The van der Waals surface area contributed by atoms with E-state index in [1.165, 1.54) is 121 Å². The number of carbonyl (C=O) groups is 2. The number of carboxylic acids is 1. The molecule has 1 N–H and O–H groups in total. The topological polar surface area (TPSA) is 82.1 Å². The molecule has 2 saturated heterocycles. The van der Waals surface area contributed by atoms with E-state index >= 15 is 0 Å². The van der Waals surface area contributed by atoms with Gasteiger partial charge < -0.3 is 19.3 Å². The van der Waals surface area contributed by atoms with Crippen molar-refractivity contribution in [1.82, 2.24) is 0 Å². The molecule has 0 amide bonds. The number of aliphatic carboxylic acids is 1. The zero-order valence-corrected chi connectivity index (χ0v) is 33.1. The van der Waals surface area contributed by atoms with Crippen molar-refractivity contribution in [3.05, 3.63) is 69.9 Å². The number of allylic oxidation sites excluding steroid dienone is 12. The molecule has 0 radical (unpaired) electrons. The molecule has 4 aliphatic rings. The Morgan fingerprint density at radius 3 is 1.60 bits per heavy atom. The van der Waals surface area contributed by atoms with E-state index in [-0.39, 0.29) is 24.3 Å². The molecule has 50 heavy (non-hydrogen) atoms. The van der Waals surface area contributed by atoms with Gasteiger partial charge in [-0.3, -0.25) is 9.59 Å². The van der Waals surface area contributed by atoms with Gasteiger partial charge in [-0.05, 0) is 151 Å². The number of rotatable bonds is 13.